The van der Waals surface area contributed by atoms with Crippen LogP contribution in [0.2, 0.25) is 0 Å². The molecule has 3 aliphatic heterocycles. The second-order valence-electron chi connectivity index (χ2n) is 7.84. The number of anilines is 1. The number of allylic oxidation sites excluding steroid dienone is 1. The molecule has 0 saturated carbocycles. The molecular formula is C21H26N6O. The highest BCUT2D eigenvalue weighted by Gasteiger charge is 2.27. The summed E-state index contributed by atoms with van der Waals surface area (Å²) in [5.74, 6) is 1.50. The molecule has 5 heterocycles. The number of imidazole rings is 1. The molecule has 7 nitrogen and oxygen atoms in total. The molecule has 5 rings (SSSR count). The number of pyridine rings is 1. The van der Waals surface area contributed by atoms with Gasteiger partial charge in [0.05, 0.1) is 0 Å². The summed E-state index contributed by atoms with van der Waals surface area (Å²) in [6.07, 6.45) is 11.8. The van der Waals surface area contributed by atoms with Crippen LogP contribution in [0, 0.1) is 0 Å². The maximum Gasteiger partial charge on any atom is 0.238 e. The van der Waals surface area contributed by atoms with E-state index >= 15 is 0 Å². The molecule has 3 aliphatic rings. The van der Waals surface area contributed by atoms with Crippen LogP contribution in [0.15, 0.2) is 23.3 Å². The number of H-pyrrole nitrogens is 1. The molecule has 2 N–H and O–H groups in total. The zero-order valence-electron chi connectivity index (χ0n) is 16.0. The summed E-state index contributed by atoms with van der Waals surface area (Å²) in [7, 11) is 0. The number of aliphatic imine (C=N–C) groups is 1. The fraction of sp³-hybridized carbons (Fsp3) is 0.476. The normalized spacial score (nSPS) is 22.1. The minimum absolute atomic E-state index is 0.0337. The molecule has 0 amide bonds. The Morgan fingerprint density at radius 2 is 1.93 bits per heavy atom. The first kappa shape index (κ1) is 17.4. The number of piperidine rings is 2. The van der Waals surface area contributed by atoms with Crippen LogP contribution in [0.1, 0.15) is 43.4 Å². The first-order chi connectivity index (χ1) is 13.8. The summed E-state index contributed by atoms with van der Waals surface area (Å²) >= 11 is 0. The van der Waals surface area contributed by atoms with Gasteiger partial charge in [-0.2, -0.15) is 4.98 Å². The molecule has 2 fully saturated rings. The topological polar surface area (TPSA) is 80.6 Å². The molecule has 2 aromatic heterocycles. The number of nitrogens with zero attached hydrogens (tertiary/aromatic N) is 5. The Kier molecular flexibility index (Phi) is 4.60. The number of fused-ring (bicyclic) bond motifs is 1. The van der Waals surface area contributed by atoms with Crippen molar-refractivity contribution in [2.45, 2.75) is 38.1 Å². The summed E-state index contributed by atoms with van der Waals surface area (Å²) in [5, 5.41) is 10.3. The van der Waals surface area contributed by atoms with Crippen molar-refractivity contribution in [2.24, 2.45) is 4.99 Å². The Hall–Kier alpha value is -2.67. The lowest BCUT2D eigenvalue weighted by atomic mass is 10.0. The van der Waals surface area contributed by atoms with Gasteiger partial charge in [0.2, 0.25) is 11.8 Å². The number of rotatable bonds is 3. The van der Waals surface area contributed by atoms with Gasteiger partial charge in [-0.1, -0.05) is 6.42 Å². The maximum absolute atomic E-state index is 10.3. The molecule has 0 aromatic carbocycles. The van der Waals surface area contributed by atoms with E-state index in [2.05, 4.69) is 29.7 Å². The van der Waals surface area contributed by atoms with E-state index in [4.69, 9.17) is 0 Å². The van der Waals surface area contributed by atoms with Crippen molar-refractivity contribution >= 4 is 29.6 Å². The Labute approximate surface area is 164 Å². The van der Waals surface area contributed by atoms with Crippen LogP contribution in [0.4, 0.5) is 11.8 Å². The lowest BCUT2D eigenvalue weighted by molar-refractivity contribution is 0.141. The average Bonchev–Trinajstić information content (AvgIpc) is 3.33. The molecule has 0 radical (unpaired) electrons. The molecule has 0 unspecified atom stereocenters. The van der Waals surface area contributed by atoms with Gasteiger partial charge >= 0.3 is 0 Å². The van der Waals surface area contributed by atoms with Crippen molar-refractivity contribution in [3.63, 3.8) is 0 Å². The van der Waals surface area contributed by atoms with Gasteiger partial charge in [-0.15, -0.1) is 0 Å². The maximum atomic E-state index is 10.3. The van der Waals surface area contributed by atoms with Crippen LogP contribution in [0.5, 0.6) is 5.88 Å². The molecule has 2 saturated heterocycles. The molecule has 2 aromatic rings. The zero-order valence-corrected chi connectivity index (χ0v) is 16.0. The van der Waals surface area contributed by atoms with E-state index in [0.717, 1.165) is 43.0 Å². The summed E-state index contributed by atoms with van der Waals surface area (Å²) < 4.78 is 0. The number of hydrogen-bond acceptors (Lipinski definition) is 6. The number of nitrogens with one attached hydrogen (secondary N) is 1. The van der Waals surface area contributed by atoms with Crippen LogP contribution in [-0.4, -0.2) is 63.4 Å². The number of likely N-dealkylation sites (tertiary alicyclic amines) is 1. The van der Waals surface area contributed by atoms with Crippen LogP contribution in [-0.2, 0) is 0 Å². The highest BCUT2D eigenvalue weighted by molar-refractivity contribution is 6.20. The van der Waals surface area contributed by atoms with Crippen LogP contribution in [0.25, 0.3) is 11.6 Å². The number of aromatic amines is 1. The van der Waals surface area contributed by atoms with Crippen LogP contribution >= 0.6 is 0 Å². The van der Waals surface area contributed by atoms with E-state index in [1.807, 2.05) is 18.2 Å². The minimum atomic E-state index is 0.0337. The van der Waals surface area contributed by atoms with Crippen molar-refractivity contribution in [1.82, 2.24) is 19.9 Å². The van der Waals surface area contributed by atoms with Crippen molar-refractivity contribution in [3.8, 4) is 5.88 Å². The van der Waals surface area contributed by atoms with E-state index in [1.165, 1.54) is 32.4 Å². The molecule has 0 atom stereocenters. The van der Waals surface area contributed by atoms with Gasteiger partial charge in [-0.3, -0.25) is 0 Å². The van der Waals surface area contributed by atoms with Crippen molar-refractivity contribution in [2.75, 3.05) is 31.1 Å². The number of hydrogen-bond donors (Lipinski definition) is 2. The van der Waals surface area contributed by atoms with Gasteiger partial charge in [-0.05, 0) is 57.0 Å². The molecule has 0 bridgehead atoms. The van der Waals surface area contributed by atoms with Gasteiger partial charge in [-0.25, -0.2) is 9.98 Å². The zero-order chi connectivity index (χ0) is 18.9. The molecule has 28 heavy (non-hydrogen) atoms. The average molecular weight is 378 g/mol. The van der Waals surface area contributed by atoms with Crippen LogP contribution in [0.3, 0.4) is 0 Å². The third kappa shape index (κ3) is 3.30. The Bertz CT molecular complexity index is 903. The lowest BCUT2D eigenvalue weighted by Crippen LogP contribution is -2.47. The van der Waals surface area contributed by atoms with Gasteiger partial charge in [0, 0.05) is 42.7 Å². The fourth-order valence-electron chi connectivity index (χ4n) is 4.54. The van der Waals surface area contributed by atoms with Gasteiger partial charge in [0.25, 0.3) is 0 Å². The van der Waals surface area contributed by atoms with E-state index in [0.29, 0.717) is 17.6 Å². The Balaban J connectivity index is 1.28. The second-order valence-corrected chi connectivity index (χ2v) is 7.84. The van der Waals surface area contributed by atoms with Gasteiger partial charge in [0.1, 0.15) is 5.69 Å². The van der Waals surface area contributed by atoms with Crippen LogP contribution < -0.4 is 4.90 Å². The SMILES string of the molecule is Oc1nc(N2CCC(N3CCCCC3)CC2)[nH]c1C=C1C=Nc2ncccc21. The molecule has 0 aliphatic carbocycles. The Morgan fingerprint density at radius 1 is 1.11 bits per heavy atom. The Morgan fingerprint density at radius 3 is 2.75 bits per heavy atom. The molecular weight excluding hydrogens is 352 g/mol. The molecule has 146 valence electrons. The monoisotopic (exact) mass is 378 g/mol. The number of aromatic nitrogens is 3. The standard InChI is InChI=1S/C21H26N6O/c28-20-18(13-15-14-23-19-17(15)5-4-8-22-19)24-21(25-20)27-11-6-16(7-12-27)26-9-2-1-3-10-26/h4-5,8,13-14,16,28H,1-3,6-7,9-12H2,(H,24,25). The number of aromatic hydroxyl groups is 1. The van der Waals surface area contributed by atoms with Crippen molar-refractivity contribution in [3.05, 3.63) is 29.6 Å². The smallest absolute Gasteiger partial charge is 0.238 e. The minimum Gasteiger partial charge on any atom is -0.492 e. The van der Waals surface area contributed by atoms with Gasteiger partial charge in [0.15, 0.2) is 5.82 Å². The summed E-state index contributed by atoms with van der Waals surface area (Å²) in [6, 6.07) is 4.58. The second kappa shape index (κ2) is 7.39. The first-order valence-electron chi connectivity index (χ1n) is 10.3. The third-order valence-corrected chi connectivity index (χ3v) is 6.09. The van der Waals surface area contributed by atoms with Crippen molar-refractivity contribution in [1.29, 1.82) is 0 Å². The van der Waals surface area contributed by atoms with Crippen molar-refractivity contribution < 1.29 is 5.11 Å². The van der Waals surface area contributed by atoms with Gasteiger partial charge < -0.3 is 19.9 Å². The largest absolute Gasteiger partial charge is 0.492 e. The lowest BCUT2D eigenvalue weighted by Gasteiger charge is -2.40. The molecule has 7 heteroatoms. The predicted octanol–water partition coefficient (Wildman–Crippen LogP) is 3.22. The fourth-order valence-corrected chi connectivity index (χ4v) is 4.54. The first-order valence-corrected chi connectivity index (χ1v) is 10.3. The quantitative estimate of drug-likeness (QED) is 0.857. The summed E-state index contributed by atoms with van der Waals surface area (Å²) in [5.41, 5.74) is 2.52. The third-order valence-electron chi connectivity index (χ3n) is 6.09. The van der Waals surface area contributed by atoms with E-state index in [1.54, 1.807) is 12.4 Å². The molecule has 0 spiro atoms. The highest BCUT2D eigenvalue weighted by atomic mass is 16.3. The highest BCUT2D eigenvalue weighted by Crippen LogP contribution is 2.32. The van der Waals surface area contributed by atoms with E-state index in [-0.39, 0.29) is 5.88 Å². The summed E-state index contributed by atoms with van der Waals surface area (Å²) in [4.78, 5) is 21.2. The van der Waals surface area contributed by atoms with E-state index < -0.39 is 0 Å². The van der Waals surface area contributed by atoms with E-state index in [9.17, 15) is 5.11 Å². The predicted molar refractivity (Wildman–Crippen MR) is 111 cm³/mol. The summed E-state index contributed by atoms with van der Waals surface area (Å²) in [6.45, 7) is 4.44.